The van der Waals surface area contributed by atoms with Crippen molar-refractivity contribution in [3.63, 3.8) is 0 Å². The fraction of sp³-hybridized carbons (Fsp3) is 0.190. The Morgan fingerprint density at radius 1 is 1.14 bits per heavy atom. The summed E-state index contributed by atoms with van der Waals surface area (Å²) in [6.07, 6.45) is 1.58. The van der Waals surface area contributed by atoms with Crippen LogP contribution in [0.5, 0.6) is 5.75 Å². The molecular formula is C21H20N4O3S. The monoisotopic (exact) mass is 408 g/mol. The predicted molar refractivity (Wildman–Crippen MR) is 111 cm³/mol. The van der Waals surface area contributed by atoms with Gasteiger partial charge in [0.25, 0.3) is 0 Å². The SMILES string of the molecule is Cn1c(COc2cccc3ccccc23)nnc1SCC(=O)NCc1ccco1. The normalized spacial score (nSPS) is 10.9. The number of hydrogen-bond acceptors (Lipinski definition) is 6. The van der Waals surface area contributed by atoms with Crippen LogP contribution < -0.4 is 10.1 Å². The third kappa shape index (κ3) is 4.60. The summed E-state index contributed by atoms with van der Waals surface area (Å²) in [5.74, 6) is 2.36. The molecule has 4 aromatic rings. The molecule has 0 unspecified atom stereocenters. The van der Waals surface area contributed by atoms with Crippen molar-refractivity contribution < 1.29 is 13.9 Å². The van der Waals surface area contributed by atoms with Crippen LogP contribution in [0.25, 0.3) is 10.8 Å². The Morgan fingerprint density at radius 3 is 2.86 bits per heavy atom. The third-order valence-electron chi connectivity index (χ3n) is 4.40. The molecule has 4 rings (SSSR count). The number of carbonyl (C=O) groups excluding carboxylic acids is 1. The first-order valence-electron chi connectivity index (χ1n) is 9.11. The molecule has 0 aliphatic rings. The maximum absolute atomic E-state index is 12.0. The number of nitrogens with one attached hydrogen (secondary N) is 1. The summed E-state index contributed by atoms with van der Waals surface area (Å²) < 4.78 is 13.0. The second-order valence-electron chi connectivity index (χ2n) is 6.37. The van der Waals surface area contributed by atoms with E-state index in [2.05, 4.69) is 27.6 Å². The molecule has 29 heavy (non-hydrogen) atoms. The molecule has 0 bridgehead atoms. The average molecular weight is 408 g/mol. The zero-order valence-electron chi connectivity index (χ0n) is 15.9. The smallest absolute Gasteiger partial charge is 0.230 e. The summed E-state index contributed by atoms with van der Waals surface area (Å²) in [6, 6.07) is 17.6. The van der Waals surface area contributed by atoms with Crippen molar-refractivity contribution in [1.29, 1.82) is 0 Å². The molecule has 0 fully saturated rings. The van der Waals surface area contributed by atoms with Crippen LogP contribution in [0.4, 0.5) is 0 Å². The fourth-order valence-corrected chi connectivity index (χ4v) is 3.60. The van der Waals surface area contributed by atoms with E-state index in [9.17, 15) is 4.79 Å². The van der Waals surface area contributed by atoms with Crippen molar-refractivity contribution in [2.75, 3.05) is 5.75 Å². The van der Waals surface area contributed by atoms with E-state index < -0.39 is 0 Å². The molecule has 0 atom stereocenters. The topological polar surface area (TPSA) is 82.2 Å². The number of nitrogens with zero attached hydrogens (tertiary/aromatic N) is 3. The van der Waals surface area contributed by atoms with E-state index in [-0.39, 0.29) is 11.7 Å². The van der Waals surface area contributed by atoms with Crippen LogP contribution >= 0.6 is 11.8 Å². The average Bonchev–Trinajstić information content (AvgIpc) is 3.39. The molecule has 0 spiro atoms. The first-order valence-corrected chi connectivity index (χ1v) is 10.1. The molecule has 1 N–H and O–H groups in total. The number of carbonyl (C=O) groups is 1. The number of furan rings is 1. The van der Waals surface area contributed by atoms with Crippen molar-refractivity contribution >= 4 is 28.4 Å². The van der Waals surface area contributed by atoms with E-state index >= 15 is 0 Å². The molecule has 0 saturated carbocycles. The predicted octanol–water partition coefficient (Wildman–Crippen LogP) is 3.55. The van der Waals surface area contributed by atoms with E-state index in [0.717, 1.165) is 22.3 Å². The Kier molecular flexibility index (Phi) is 5.81. The van der Waals surface area contributed by atoms with Gasteiger partial charge in [-0.3, -0.25) is 4.79 Å². The highest BCUT2D eigenvalue weighted by molar-refractivity contribution is 7.99. The molecular weight excluding hydrogens is 388 g/mol. The van der Waals surface area contributed by atoms with E-state index in [1.54, 1.807) is 12.3 Å². The number of thioether (sulfide) groups is 1. The first kappa shape index (κ1) is 19.1. The van der Waals surface area contributed by atoms with Crippen LogP contribution in [0.1, 0.15) is 11.6 Å². The highest BCUT2D eigenvalue weighted by atomic mass is 32.2. The van der Waals surface area contributed by atoms with Gasteiger partial charge in [0.15, 0.2) is 11.0 Å². The Bertz CT molecular complexity index is 1100. The van der Waals surface area contributed by atoms with Crippen LogP contribution in [0.15, 0.2) is 70.4 Å². The Hall–Kier alpha value is -3.26. The Morgan fingerprint density at radius 2 is 2.00 bits per heavy atom. The molecule has 148 valence electrons. The molecule has 2 aromatic heterocycles. The summed E-state index contributed by atoms with van der Waals surface area (Å²) in [5, 5.41) is 14.0. The lowest BCUT2D eigenvalue weighted by Crippen LogP contribution is -2.24. The molecule has 2 heterocycles. The van der Waals surface area contributed by atoms with Crippen LogP contribution in [0, 0.1) is 0 Å². The van der Waals surface area contributed by atoms with Crippen molar-refractivity contribution in [1.82, 2.24) is 20.1 Å². The Balaban J connectivity index is 1.33. The summed E-state index contributed by atoms with van der Waals surface area (Å²) >= 11 is 1.33. The molecule has 7 nitrogen and oxygen atoms in total. The van der Waals surface area contributed by atoms with Crippen LogP contribution in [-0.4, -0.2) is 26.4 Å². The maximum atomic E-state index is 12.0. The molecule has 2 aromatic carbocycles. The van der Waals surface area contributed by atoms with Crippen LogP contribution in [0.2, 0.25) is 0 Å². The zero-order chi connectivity index (χ0) is 20.1. The zero-order valence-corrected chi connectivity index (χ0v) is 16.7. The van der Waals surface area contributed by atoms with Crippen LogP contribution in [0.3, 0.4) is 0 Å². The van der Waals surface area contributed by atoms with Crippen molar-refractivity contribution in [3.8, 4) is 5.75 Å². The number of benzene rings is 2. The largest absolute Gasteiger partial charge is 0.485 e. The van der Waals surface area contributed by atoms with Gasteiger partial charge in [0.2, 0.25) is 5.91 Å². The standard InChI is InChI=1S/C21H20N4O3S/c1-25-19(13-28-18-10-4-7-15-6-2-3-9-17(15)18)23-24-21(25)29-14-20(26)22-12-16-8-5-11-27-16/h2-11H,12-14H2,1H3,(H,22,26). The van der Waals surface area contributed by atoms with E-state index in [4.69, 9.17) is 9.15 Å². The molecule has 0 aliphatic heterocycles. The molecule has 8 heteroatoms. The number of ether oxygens (including phenoxy) is 1. The van der Waals surface area contributed by atoms with Gasteiger partial charge in [0.05, 0.1) is 18.6 Å². The Labute approximate surface area is 172 Å². The van der Waals surface area contributed by atoms with Crippen LogP contribution in [-0.2, 0) is 25.0 Å². The van der Waals surface area contributed by atoms with Gasteiger partial charge in [0, 0.05) is 12.4 Å². The highest BCUT2D eigenvalue weighted by Gasteiger charge is 2.13. The molecule has 0 saturated heterocycles. The van der Waals surface area contributed by atoms with Gasteiger partial charge in [0.1, 0.15) is 18.1 Å². The minimum absolute atomic E-state index is 0.0945. The summed E-state index contributed by atoms with van der Waals surface area (Å²) in [5.41, 5.74) is 0. The number of rotatable bonds is 8. The second-order valence-corrected chi connectivity index (χ2v) is 7.31. The lowest BCUT2D eigenvalue weighted by molar-refractivity contribution is -0.118. The van der Waals surface area contributed by atoms with E-state index in [1.807, 2.05) is 48.0 Å². The van der Waals surface area contributed by atoms with Crippen molar-refractivity contribution in [2.24, 2.45) is 7.05 Å². The van der Waals surface area contributed by atoms with E-state index in [0.29, 0.717) is 24.1 Å². The van der Waals surface area contributed by atoms with Gasteiger partial charge < -0.3 is 19.0 Å². The maximum Gasteiger partial charge on any atom is 0.230 e. The van der Waals surface area contributed by atoms with E-state index in [1.165, 1.54) is 11.8 Å². The summed E-state index contributed by atoms with van der Waals surface area (Å²) in [7, 11) is 1.87. The number of hydrogen-bond donors (Lipinski definition) is 1. The van der Waals surface area contributed by atoms with Gasteiger partial charge in [-0.25, -0.2) is 0 Å². The molecule has 0 radical (unpaired) electrons. The first-order chi connectivity index (χ1) is 14.2. The lowest BCUT2D eigenvalue weighted by atomic mass is 10.1. The number of aromatic nitrogens is 3. The van der Waals surface area contributed by atoms with Gasteiger partial charge in [-0.1, -0.05) is 48.2 Å². The molecule has 0 aliphatic carbocycles. The minimum Gasteiger partial charge on any atom is -0.485 e. The number of amides is 1. The van der Waals surface area contributed by atoms with Gasteiger partial charge in [-0.2, -0.15) is 0 Å². The number of fused-ring (bicyclic) bond motifs is 1. The van der Waals surface area contributed by atoms with Gasteiger partial charge >= 0.3 is 0 Å². The van der Waals surface area contributed by atoms with Gasteiger partial charge in [-0.05, 0) is 23.6 Å². The molecule has 1 amide bonds. The summed E-state index contributed by atoms with van der Waals surface area (Å²) in [4.78, 5) is 12.0. The fourth-order valence-electron chi connectivity index (χ4n) is 2.84. The highest BCUT2D eigenvalue weighted by Crippen LogP contribution is 2.26. The van der Waals surface area contributed by atoms with Crippen molar-refractivity contribution in [3.05, 3.63) is 72.4 Å². The lowest BCUT2D eigenvalue weighted by Gasteiger charge is -2.09. The summed E-state index contributed by atoms with van der Waals surface area (Å²) in [6.45, 7) is 0.665. The van der Waals surface area contributed by atoms with Crippen molar-refractivity contribution in [2.45, 2.75) is 18.3 Å². The second kappa shape index (κ2) is 8.83. The minimum atomic E-state index is -0.0945. The van der Waals surface area contributed by atoms with Gasteiger partial charge in [-0.15, -0.1) is 10.2 Å². The third-order valence-corrected chi connectivity index (χ3v) is 5.42. The quantitative estimate of drug-likeness (QED) is 0.449.